The molecule has 0 aliphatic carbocycles. The van der Waals surface area contributed by atoms with Gasteiger partial charge in [0.25, 0.3) is 5.91 Å². The van der Waals surface area contributed by atoms with Crippen LogP contribution in [0.5, 0.6) is 0 Å². The Bertz CT molecular complexity index is 383. The van der Waals surface area contributed by atoms with Crippen LogP contribution >= 0.6 is 0 Å². The van der Waals surface area contributed by atoms with Gasteiger partial charge in [-0.1, -0.05) is 24.4 Å². The standard InChI is InChI=1S/C12H20N4O2/c13-14-12(17)11-8-10(18-15-11)9-16-6-4-2-1-3-5-7-16/h8H,1-7,9,13H2,(H,14,17). The topological polar surface area (TPSA) is 84.4 Å². The maximum absolute atomic E-state index is 11.2. The summed E-state index contributed by atoms with van der Waals surface area (Å²) in [6.07, 6.45) is 6.40. The summed E-state index contributed by atoms with van der Waals surface area (Å²) in [6, 6.07) is 1.65. The molecule has 0 unspecified atom stereocenters. The molecule has 0 spiro atoms. The number of carbonyl (C=O) groups excluding carboxylic acids is 1. The van der Waals surface area contributed by atoms with Gasteiger partial charge < -0.3 is 4.52 Å². The average molecular weight is 252 g/mol. The molecule has 1 aromatic rings. The van der Waals surface area contributed by atoms with E-state index in [-0.39, 0.29) is 5.69 Å². The highest BCUT2D eigenvalue weighted by Gasteiger charge is 2.14. The number of rotatable bonds is 3. The largest absolute Gasteiger partial charge is 0.359 e. The van der Waals surface area contributed by atoms with Gasteiger partial charge in [-0.25, -0.2) is 5.84 Å². The molecular weight excluding hydrogens is 232 g/mol. The van der Waals surface area contributed by atoms with Crippen LogP contribution in [0.15, 0.2) is 10.6 Å². The minimum Gasteiger partial charge on any atom is -0.359 e. The van der Waals surface area contributed by atoms with Crippen LogP contribution < -0.4 is 11.3 Å². The fraction of sp³-hybridized carbons (Fsp3) is 0.667. The van der Waals surface area contributed by atoms with Crippen LogP contribution in [0.1, 0.15) is 48.4 Å². The van der Waals surface area contributed by atoms with Crippen LogP contribution in [0.2, 0.25) is 0 Å². The summed E-state index contributed by atoms with van der Waals surface area (Å²) >= 11 is 0. The van der Waals surface area contributed by atoms with Crippen LogP contribution in [0.25, 0.3) is 0 Å². The fourth-order valence-electron chi connectivity index (χ4n) is 2.26. The second-order valence-corrected chi connectivity index (χ2v) is 4.70. The number of amides is 1. The Morgan fingerprint density at radius 2 is 2.00 bits per heavy atom. The number of hydrazine groups is 1. The number of aromatic nitrogens is 1. The highest BCUT2D eigenvalue weighted by molar-refractivity contribution is 5.91. The van der Waals surface area contributed by atoms with Gasteiger partial charge in [-0.2, -0.15) is 0 Å². The summed E-state index contributed by atoms with van der Waals surface area (Å²) in [4.78, 5) is 13.6. The lowest BCUT2D eigenvalue weighted by Gasteiger charge is -2.22. The van der Waals surface area contributed by atoms with Gasteiger partial charge >= 0.3 is 0 Å². The van der Waals surface area contributed by atoms with Crippen LogP contribution in [-0.4, -0.2) is 29.1 Å². The zero-order valence-corrected chi connectivity index (χ0v) is 10.5. The maximum atomic E-state index is 11.2. The first kappa shape index (κ1) is 13.0. The number of nitrogens with two attached hydrogens (primary N) is 1. The third kappa shape index (κ3) is 3.54. The van der Waals surface area contributed by atoms with Crippen molar-refractivity contribution in [3.05, 3.63) is 17.5 Å². The van der Waals surface area contributed by atoms with Crippen molar-refractivity contribution in [2.24, 2.45) is 5.84 Å². The van der Waals surface area contributed by atoms with Crippen molar-refractivity contribution in [2.75, 3.05) is 13.1 Å². The minimum absolute atomic E-state index is 0.236. The lowest BCUT2D eigenvalue weighted by molar-refractivity contribution is 0.0944. The van der Waals surface area contributed by atoms with Crippen molar-refractivity contribution >= 4 is 5.91 Å². The van der Waals surface area contributed by atoms with Crippen molar-refractivity contribution in [1.29, 1.82) is 0 Å². The number of nitrogen functional groups attached to an aromatic ring is 1. The van der Waals surface area contributed by atoms with Crippen molar-refractivity contribution in [2.45, 2.75) is 38.6 Å². The molecule has 1 aliphatic heterocycles. The van der Waals surface area contributed by atoms with E-state index in [1.807, 2.05) is 5.43 Å². The zero-order chi connectivity index (χ0) is 12.8. The van der Waals surface area contributed by atoms with E-state index in [1.165, 1.54) is 32.1 Å². The molecule has 6 heteroatoms. The Kier molecular flexibility index (Phi) is 4.72. The molecule has 1 aliphatic rings. The first-order valence-corrected chi connectivity index (χ1v) is 6.48. The van der Waals surface area contributed by atoms with E-state index < -0.39 is 5.91 Å². The van der Waals surface area contributed by atoms with Gasteiger partial charge in [-0.3, -0.25) is 15.1 Å². The lowest BCUT2D eigenvalue weighted by Crippen LogP contribution is -2.30. The molecule has 0 saturated carbocycles. The zero-order valence-electron chi connectivity index (χ0n) is 10.5. The van der Waals surface area contributed by atoms with E-state index in [0.717, 1.165) is 13.1 Å². The molecule has 3 N–H and O–H groups in total. The van der Waals surface area contributed by atoms with E-state index in [2.05, 4.69) is 10.1 Å². The molecule has 18 heavy (non-hydrogen) atoms. The number of likely N-dealkylation sites (tertiary alicyclic amines) is 1. The second kappa shape index (κ2) is 6.51. The molecule has 0 bridgehead atoms. The summed E-state index contributed by atoms with van der Waals surface area (Å²) in [6.45, 7) is 2.88. The first-order valence-electron chi connectivity index (χ1n) is 6.48. The average Bonchev–Trinajstić information content (AvgIpc) is 2.80. The highest BCUT2D eigenvalue weighted by atomic mass is 16.5. The molecule has 1 saturated heterocycles. The van der Waals surface area contributed by atoms with Gasteiger partial charge in [0.15, 0.2) is 11.5 Å². The predicted molar refractivity (Wildman–Crippen MR) is 66.5 cm³/mol. The van der Waals surface area contributed by atoms with E-state index in [4.69, 9.17) is 10.4 Å². The molecule has 0 radical (unpaired) electrons. The summed E-state index contributed by atoms with van der Waals surface area (Å²) in [5, 5.41) is 3.70. The van der Waals surface area contributed by atoms with Gasteiger partial charge in [0.1, 0.15) is 0 Å². The van der Waals surface area contributed by atoms with Crippen molar-refractivity contribution in [3.8, 4) is 0 Å². The lowest BCUT2D eigenvalue weighted by atomic mass is 10.1. The van der Waals surface area contributed by atoms with E-state index >= 15 is 0 Å². The molecule has 2 heterocycles. The van der Waals surface area contributed by atoms with Crippen LogP contribution in [0.3, 0.4) is 0 Å². The Morgan fingerprint density at radius 3 is 2.67 bits per heavy atom. The van der Waals surface area contributed by atoms with Gasteiger partial charge in [-0.15, -0.1) is 0 Å². The summed E-state index contributed by atoms with van der Waals surface area (Å²) in [5.41, 5.74) is 2.28. The molecule has 6 nitrogen and oxygen atoms in total. The smallest absolute Gasteiger partial charge is 0.287 e. The summed E-state index contributed by atoms with van der Waals surface area (Å²) in [7, 11) is 0. The summed E-state index contributed by atoms with van der Waals surface area (Å²) < 4.78 is 5.15. The third-order valence-electron chi connectivity index (χ3n) is 3.25. The number of carbonyl (C=O) groups is 1. The van der Waals surface area contributed by atoms with Gasteiger partial charge in [0.2, 0.25) is 0 Å². The van der Waals surface area contributed by atoms with E-state index in [0.29, 0.717) is 12.3 Å². The number of nitrogens with zero attached hydrogens (tertiary/aromatic N) is 2. The van der Waals surface area contributed by atoms with Crippen LogP contribution in [0.4, 0.5) is 0 Å². The number of nitrogens with one attached hydrogen (secondary N) is 1. The summed E-state index contributed by atoms with van der Waals surface area (Å²) in [5.74, 6) is 5.34. The Balaban J connectivity index is 1.91. The maximum Gasteiger partial charge on any atom is 0.287 e. The molecule has 0 atom stereocenters. The SMILES string of the molecule is NNC(=O)c1cc(CN2CCCCCCC2)on1. The third-order valence-corrected chi connectivity index (χ3v) is 3.25. The molecule has 0 aromatic carbocycles. The van der Waals surface area contributed by atoms with Crippen molar-refractivity contribution in [1.82, 2.24) is 15.5 Å². The van der Waals surface area contributed by atoms with Gasteiger partial charge in [0.05, 0.1) is 6.54 Å². The molecule has 1 aromatic heterocycles. The van der Waals surface area contributed by atoms with Crippen LogP contribution in [0, 0.1) is 0 Å². The molecule has 100 valence electrons. The predicted octanol–water partition coefficient (Wildman–Crippen LogP) is 1.04. The van der Waals surface area contributed by atoms with Gasteiger partial charge in [0, 0.05) is 6.07 Å². The Morgan fingerprint density at radius 1 is 1.33 bits per heavy atom. The minimum atomic E-state index is -0.419. The Labute approximate surface area is 106 Å². The quantitative estimate of drug-likeness (QED) is 0.477. The van der Waals surface area contributed by atoms with E-state index in [1.54, 1.807) is 6.07 Å². The number of hydrogen-bond acceptors (Lipinski definition) is 5. The van der Waals surface area contributed by atoms with Crippen LogP contribution in [-0.2, 0) is 6.54 Å². The first-order chi connectivity index (χ1) is 8.79. The van der Waals surface area contributed by atoms with E-state index in [9.17, 15) is 4.79 Å². The monoisotopic (exact) mass is 252 g/mol. The van der Waals surface area contributed by atoms with Crippen molar-refractivity contribution in [3.63, 3.8) is 0 Å². The second-order valence-electron chi connectivity index (χ2n) is 4.70. The molecule has 1 amide bonds. The number of hydrogen-bond donors (Lipinski definition) is 2. The Hall–Kier alpha value is -1.40. The fourth-order valence-corrected chi connectivity index (χ4v) is 2.26. The highest BCUT2D eigenvalue weighted by Crippen LogP contribution is 2.14. The van der Waals surface area contributed by atoms with Crippen molar-refractivity contribution < 1.29 is 9.32 Å². The molecule has 1 fully saturated rings. The normalized spacial score (nSPS) is 18.1. The molecule has 2 rings (SSSR count). The van der Waals surface area contributed by atoms with Gasteiger partial charge in [-0.05, 0) is 25.9 Å². The molecular formula is C12H20N4O2.